The fourth-order valence-corrected chi connectivity index (χ4v) is 2.61. The first-order valence-electron chi connectivity index (χ1n) is 8.44. The number of benzene rings is 2. The summed E-state index contributed by atoms with van der Waals surface area (Å²) in [5.74, 6) is -0.198. The van der Waals surface area contributed by atoms with Gasteiger partial charge >= 0.3 is 0 Å². The van der Waals surface area contributed by atoms with E-state index in [1.807, 2.05) is 43.3 Å². The van der Waals surface area contributed by atoms with E-state index < -0.39 is 0 Å². The van der Waals surface area contributed by atoms with Crippen molar-refractivity contribution in [2.24, 2.45) is 0 Å². The molecule has 0 fully saturated rings. The third-order valence-electron chi connectivity index (χ3n) is 3.94. The Labute approximate surface area is 144 Å². The number of aliphatic hydroxyl groups is 1. The van der Waals surface area contributed by atoms with E-state index in [-0.39, 0.29) is 11.9 Å². The molecule has 2 heteroatoms. The molecular weight excluding hydrogens is 299 g/mol. The van der Waals surface area contributed by atoms with Crippen LogP contribution in [-0.2, 0) is 6.42 Å². The van der Waals surface area contributed by atoms with E-state index in [4.69, 9.17) is 0 Å². The highest BCUT2D eigenvalue weighted by Gasteiger charge is 2.05. The predicted octanol–water partition coefficient (Wildman–Crippen LogP) is 5.79. The fraction of sp³-hybridized carbons (Fsp3) is 0.273. The highest BCUT2D eigenvalue weighted by Crippen LogP contribution is 2.24. The largest absolute Gasteiger partial charge is 0.393 e. The molecule has 1 unspecified atom stereocenters. The molecule has 0 aliphatic rings. The average molecular weight is 324 g/mol. The summed E-state index contributed by atoms with van der Waals surface area (Å²) >= 11 is 0. The van der Waals surface area contributed by atoms with Crippen LogP contribution in [0.5, 0.6) is 0 Å². The summed E-state index contributed by atoms with van der Waals surface area (Å²) in [7, 11) is 0. The van der Waals surface area contributed by atoms with Crippen molar-refractivity contribution < 1.29 is 9.50 Å². The summed E-state index contributed by atoms with van der Waals surface area (Å²) in [6.45, 7) is 5.49. The Morgan fingerprint density at radius 1 is 1.17 bits per heavy atom. The first-order valence-corrected chi connectivity index (χ1v) is 8.44. The fourth-order valence-electron chi connectivity index (χ4n) is 2.61. The van der Waals surface area contributed by atoms with Crippen molar-refractivity contribution in [2.75, 3.05) is 0 Å². The average Bonchev–Trinajstić information content (AvgIpc) is 2.55. The predicted molar refractivity (Wildman–Crippen MR) is 100 cm³/mol. The van der Waals surface area contributed by atoms with E-state index in [0.29, 0.717) is 12.0 Å². The second-order valence-corrected chi connectivity index (χ2v) is 6.11. The van der Waals surface area contributed by atoms with Crippen LogP contribution in [0.4, 0.5) is 4.39 Å². The standard InChI is InChI=1S/C22H25FO/c1-3-7-19-12-15-21(22(23)16-19)20-13-10-18(11-14-20)9-6-4-5-8-17(2)24/h3,6,9-17,24H,1,4-5,7-8H2,2H3. The molecule has 0 aromatic heterocycles. The molecule has 1 nitrogen and oxygen atoms in total. The Morgan fingerprint density at radius 3 is 2.54 bits per heavy atom. The Hall–Kier alpha value is -2.19. The molecule has 0 heterocycles. The van der Waals surface area contributed by atoms with E-state index in [2.05, 4.69) is 18.7 Å². The highest BCUT2D eigenvalue weighted by molar-refractivity contribution is 5.66. The minimum Gasteiger partial charge on any atom is -0.393 e. The normalized spacial score (nSPS) is 12.5. The molecule has 0 bridgehead atoms. The van der Waals surface area contributed by atoms with E-state index in [1.54, 1.807) is 12.1 Å². The molecule has 0 saturated heterocycles. The molecule has 1 atom stereocenters. The molecule has 2 aromatic carbocycles. The molecule has 126 valence electrons. The SMILES string of the molecule is C=CCc1ccc(-c2ccc(C=CCCCC(C)O)cc2)c(F)c1. The van der Waals surface area contributed by atoms with Gasteiger partial charge in [0.15, 0.2) is 0 Å². The van der Waals surface area contributed by atoms with Gasteiger partial charge in [0.05, 0.1) is 6.10 Å². The lowest BCUT2D eigenvalue weighted by Gasteiger charge is -2.06. The van der Waals surface area contributed by atoms with Crippen molar-refractivity contribution in [1.82, 2.24) is 0 Å². The lowest BCUT2D eigenvalue weighted by Crippen LogP contribution is -1.97. The van der Waals surface area contributed by atoms with Crippen LogP contribution < -0.4 is 0 Å². The van der Waals surface area contributed by atoms with Gasteiger partial charge in [-0.3, -0.25) is 0 Å². The zero-order valence-electron chi connectivity index (χ0n) is 14.2. The molecule has 0 amide bonds. The van der Waals surface area contributed by atoms with Crippen molar-refractivity contribution in [1.29, 1.82) is 0 Å². The van der Waals surface area contributed by atoms with Gasteiger partial charge in [0.1, 0.15) is 5.82 Å². The van der Waals surface area contributed by atoms with Gasteiger partial charge in [-0.1, -0.05) is 54.6 Å². The van der Waals surface area contributed by atoms with Crippen LogP contribution in [0.15, 0.2) is 61.2 Å². The van der Waals surface area contributed by atoms with Gasteiger partial charge in [-0.2, -0.15) is 0 Å². The van der Waals surface area contributed by atoms with Crippen LogP contribution in [0.25, 0.3) is 17.2 Å². The number of hydrogen-bond donors (Lipinski definition) is 1. The van der Waals surface area contributed by atoms with Crippen molar-refractivity contribution in [3.05, 3.63) is 78.1 Å². The number of aliphatic hydroxyl groups excluding tert-OH is 1. The van der Waals surface area contributed by atoms with E-state index in [1.165, 1.54) is 0 Å². The highest BCUT2D eigenvalue weighted by atomic mass is 19.1. The Kier molecular flexibility index (Phi) is 6.95. The van der Waals surface area contributed by atoms with Crippen LogP contribution in [0.2, 0.25) is 0 Å². The summed E-state index contributed by atoms with van der Waals surface area (Å²) in [6.07, 6.45) is 9.15. The summed E-state index contributed by atoms with van der Waals surface area (Å²) in [4.78, 5) is 0. The van der Waals surface area contributed by atoms with Gasteiger partial charge in [0, 0.05) is 5.56 Å². The summed E-state index contributed by atoms with van der Waals surface area (Å²) in [5, 5.41) is 9.22. The van der Waals surface area contributed by atoms with Gasteiger partial charge in [0.2, 0.25) is 0 Å². The topological polar surface area (TPSA) is 20.2 Å². The third-order valence-corrected chi connectivity index (χ3v) is 3.94. The first-order chi connectivity index (χ1) is 11.6. The number of unbranched alkanes of at least 4 members (excludes halogenated alkanes) is 1. The van der Waals surface area contributed by atoms with Gasteiger partial charge < -0.3 is 5.11 Å². The third kappa shape index (κ3) is 5.47. The molecule has 0 spiro atoms. The maximum atomic E-state index is 14.2. The Balaban J connectivity index is 2.01. The van der Waals surface area contributed by atoms with Crippen molar-refractivity contribution in [2.45, 2.75) is 38.7 Å². The smallest absolute Gasteiger partial charge is 0.131 e. The maximum Gasteiger partial charge on any atom is 0.131 e. The molecule has 24 heavy (non-hydrogen) atoms. The molecule has 1 N–H and O–H groups in total. The molecule has 0 aliphatic carbocycles. The maximum absolute atomic E-state index is 14.2. The summed E-state index contributed by atoms with van der Waals surface area (Å²) < 4.78 is 14.2. The van der Waals surface area contributed by atoms with E-state index >= 15 is 0 Å². The second-order valence-electron chi connectivity index (χ2n) is 6.11. The van der Waals surface area contributed by atoms with Crippen LogP contribution in [0.1, 0.15) is 37.3 Å². The monoisotopic (exact) mass is 324 g/mol. The van der Waals surface area contributed by atoms with Crippen molar-refractivity contribution in [3.63, 3.8) is 0 Å². The van der Waals surface area contributed by atoms with Crippen LogP contribution in [0, 0.1) is 5.82 Å². The minimum absolute atomic E-state index is 0.198. The van der Waals surface area contributed by atoms with E-state index in [0.717, 1.165) is 36.0 Å². The van der Waals surface area contributed by atoms with Crippen molar-refractivity contribution in [3.8, 4) is 11.1 Å². The van der Waals surface area contributed by atoms with E-state index in [9.17, 15) is 9.50 Å². The summed E-state index contributed by atoms with van der Waals surface area (Å²) in [6, 6.07) is 13.2. The number of halogens is 1. The molecule has 0 aliphatic heterocycles. The lowest BCUT2D eigenvalue weighted by atomic mass is 10.0. The zero-order chi connectivity index (χ0) is 17.4. The van der Waals surface area contributed by atoms with Gasteiger partial charge in [-0.15, -0.1) is 6.58 Å². The molecule has 0 radical (unpaired) electrons. The van der Waals surface area contributed by atoms with Gasteiger partial charge in [-0.05, 0) is 55.4 Å². The molecule has 0 saturated carbocycles. The zero-order valence-corrected chi connectivity index (χ0v) is 14.2. The van der Waals surface area contributed by atoms with Gasteiger partial charge in [-0.25, -0.2) is 4.39 Å². The summed E-state index contributed by atoms with van der Waals surface area (Å²) in [5.41, 5.74) is 3.53. The molecule has 2 rings (SSSR count). The Morgan fingerprint density at radius 2 is 1.92 bits per heavy atom. The quantitative estimate of drug-likeness (QED) is 0.481. The molecular formula is C22H25FO. The second kappa shape index (κ2) is 9.19. The Bertz CT molecular complexity index is 684. The lowest BCUT2D eigenvalue weighted by molar-refractivity contribution is 0.182. The number of hydrogen-bond acceptors (Lipinski definition) is 1. The van der Waals surface area contributed by atoms with Crippen LogP contribution >= 0.6 is 0 Å². The van der Waals surface area contributed by atoms with Crippen LogP contribution in [0.3, 0.4) is 0 Å². The van der Waals surface area contributed by atoms with Crippen molar-refractivity contribution >= 4 is 6.08 Å². The first kappa shape index (κ1) is 18.2. The number of rotatable bonds is 8. The molecule has 2 aromatic rings. The van der Waals surface area contributed by atoms with Gasteiger partial charge in [0.25, 0.3) is 0 Å². The minimum atomic E-state index is -0.231. The van der Waals surface area contributed by atoms with Crippen LogP contribution in [-0.4, -0.2) is 11.2 Å². The number of allylic oxidation sites excluding steroid dienone is 2.